The zero-order chi connectivity index (χ0) is 18.1. The number of aryl methyl sites for hydroxylation is 3. The Morgan fingerprint density at radius 2 is 1.92 bits per heavy atom. The molecule has 2 aromatic carbocycles. The van der Waals surface area contributed by atoms with Gasteiger partial charge in [0, 0.05) is 11.1 Å². The number of benzene rings is 2. The van der Waals surface area contributed by atoms with Crippen LogP contribution in [0.15, 0.2) is 47.5 Å². The van der Waals surface area contributed by atoms with Crippen molar-refractivity contribution in [2.75, 3.05) is 5.32 Å². The van der Waals surface area contributed by atoms with E-state index in [2.05, 4.69) is 27.4 Å². The molecule has 5 heteroatoms. The summed E-state index contributed by atoms with van der Waals surface area (Å²) in [5, 5.41) is 4.64. The van der Waals surface area contributed by atoms with E-state index in [4.69, 9.17) is 0 Å². The van der Waals surface area contributed by atoms with E-state index >= 15 is 0 Å². The first-order valence-electron chi connectivity index (χ1n) is 8.93. The third-order valence-electron chi connectivity index (χ3n) is 4.70. The SMILES string of the molecule is Cc1nc(S[C@@H](C)C(=O)Nc2ccc3c(c2)CCC3)c2ccccc2n1. The molecule has 0 fully saturated rings. The molecule has 0 saturated heterocycles. The summed E-state index contributed by atoms with van der Waals surface area (Å²) in [5.74, 6) is 0.714. The smallest absolute Gasteiger partial charge is 0.237 e. The van der Waals surface area contributed by atoms with Crippen LogP contribution in [0.1, 0.15) is 30.3 Å². The third kappa shape index (κ3) is 3.44. The Morgan fingerprint density at radius 1 is 1.12 bits per heavy atom. The zero-order valence-corrected chi connectivity index (χ0v) is 15.8. The number of nitrogens with zero attached hydrogens (tertiary/aromatic N) is 2. The predicted octanol–water partition coefficient (Wildman–Crippen LogP) is 4.55. The summed E-state index contributed by atoms with van der Waals surface area (Å²) in [7, 11) is 0. The molecular weight excluding hydrogens is 342 g/mol. The first-order chi connectivity index (χ1) is 12.6. The van der Waals surface area contributed by atoms with Gasteiger partial charge >= 0.3 is 0 Å². The maximum atomic E-state index is 12.7. The Balaban J connectivity index is 1.51. The standard InChI is InChI=1S/C21H21N3OS/c1-13(20(25)24-17-11-10-15-6-5-7-16(15)12-17)26-21-18-8-3-4-9-19(18)22-14(2)23-21/h3-4,8-13H,5-7H2,1-2H3,(H,24,25)/t13-/m0/s1. The predicted molar refractivity (Wildman–Crippen MR) is 107 cm³/mol. The van der Waals surface area contributed by atoms with Crippen LogP contribution < -0.4 is 5.32 Å². The van der Waals surface area contributed by atoms with Crippen molar-refractivity contribution < 1.29 is 4.79 Å². The summed E-state index contributed by atoms with van der Waals surface area (Å²) in [6.45, 7) is 3.80. The molecule has 0 aliphatic heterocycles. The molecule has 1 heterocycles. The van der Waals surface area contributed by atoms with Gasteiger partial charge < -0.3 is 5.32 Å². The topological polar surface area (TPSA) is 54.9 Å². The average molecular weight is 363 g/mol. The highest BCUT2D eigenvalue weighted by Gasteiger charge is 2.18. The van der Waals surface area contributed by atoms with Gasteiger partial charge in [-0.1, -0.05) is 36.0 Å². The Kier molecular flexibility index (Phi) is 4.64. The van der Waals surface area contributed by atoms with Crippen molar-refractivity contribution in [1.29, 1.82) is 0 Å². The molecule has 1 aliphatic carbocycles. The number of thioether (sulfide) groups is 1. The second kappa shape index (κ2) is 7.08. The van der Waals surface area contributed by atoms with Gasteiger partial charge in [0.25, 0.3) is 0 Å². The zero-order valence-electron chi connectivity index (χ0n) is 15.0. The molecule has 0 spiro atoms. The number of carbonyl (C=O) groups is 1. The lowest BCUT2D eigenvalue weighted by Crippen LogP contribution is -2.22. The van der Waals surface area contributed by atoms with Crippen LogP contribution in [0, 0.1) is 6.92 Å². The number of carbonyl (C=O) groups excluding carboxylic acids is 1. The van der Waals surface area contributed by atoms with E-state index in [9.17, 15) is 4.79 Å². The summed E-state index contributed by atoms with van der Waals surface area (Å²) in [6, 6.07) is 14.2. The highest BCUT2D eigenvalue weighted by atomic mass is 32.2. The molecule has 1 aromatic heterocycles. The van der Waals surface area contributed by atoms with Crippen molar-refractivity contribution in [2.45, 2.75) is 43.4 Å². The van der Waals surface area contributed by atoms with E-state index in [1.807, 2.05) is 44.2 Å². The van der Waals surface area contributed by atoms with E-state index in [1.54, 1.807) is 0 Å². The summed E-state index contributed by atoms with van der Waals surface area (Å²) >= 11 is 1.48. The van der Waals surface area contributed by atoms with Gasteiger partial charge in [-0.15, -0.1) is 0 Å². The number of rotatable bonds is 4. The highest BCUT2D eigenvalue weighted by Crippen LogP contribution is 2.30. The lowest BCUT2D eigenvalue weighted by molar-refractivity contribution is -0.115. The van der Waals surface area contributed by atoms with Gasteiger partial charge in [0.15, 0.2) is 0 Å². The van der Waals surface area contributed by atoms with Crippen molar-refractivity contribution in [3.05, 3.63) is 59.4 Å². The van der Waals surface area contributed by atoms with E-state index in [-0.39, 0.29) is 11.2 Å². The monoisotopic (exact) mass is 363 g/mol. The van der Waals surface area contributed by atoms with E-state index in [0.29, 0.717) is 0 Å². The molecule has 26 heavy (non-hydrogen) atoms. The largest absolute Gasteiger partial charge is 0.325 e. The van der Waals surface area contributed by atoms with Crippen LogP contribution >= 0.6 is 11.8 Å². The second-order valence-corrected chi connectivity index (χ2v) is 8.01. The van der Waals surface area contributed by atoms with E-state index in [1.165, 1.54) is 29.3 Å². The van der Waals surface area contributed by atoms with E-state index < -0.39 is 0 Å². The molecule has 0 bridgehead atoms. The van der Waals surface area contributed by atoms with Crippen LogP contribution in [0.3, 0.4) is 0 Å². The molecule has 1 aliphatic rings. The minimum atomic E-state index is -0.249. The van der Waals surface area contributed by atoms with Crippen LogP contribution in [0.25, 0.3) is 10.9 Å². The summed E-state index contributed by atoms with van der Waals surface area (Å²) in [5.41, 5.74) is 4.56. The van der Waals surface area contributed by atoms with Crippen LogP contribution in [0.4, 0.5) is 5.69 Å². The van der Waals surface area contributed by atoms with Gasteiger partial charge in [-0.2, -0.15) is 0 Å². The summed E-state index contributed by atoms with van der Waals surface area (Å²) in [6.07, 6.45) is 3.46. The van der Waals surface area contributed by atoms with Gasteiger partial charge in [0.1, 0.15) is 10.9 Å². The quantitative estimate of drug-likeness (QED) is 0.546. The number of fused-ring (bicyclic) bond motifs is 2. The number of para-hydroxylation sites is 1. The van der Waals surface area contributed by atoms with Crippen molar-refractivity contribution in [2.24, 2.45) is 0 Å². The van der Waals surface area contributed by atoms with Crippen LogP contribution in [0.5, 0.6) is 0 Å². The van der Waals surface area contributed by atoms with Gasteiger partial charge in [0.05, 0.1) is 10.8 Å². The van der Waals surface area contributed by atoms with Gasteiger partial charge in [0.2, 0.25) is 5.91 Å². The normalized spacial score (nSPS) is 14.2. The number of hydrogen-bond donors (Lipinski definition) is 1. The van der Waals surface area contributed by atoms with Crippen LogP contribution in [0.2, 0.25) is 0 Å². The molecule has 1 amide bonds. The number of anilines is 1. The summed E-state index contributed by atoms with van der Waals surface area (Å²) in [4.78, 5) is 21.7. The van der Waals surface area contributed by atoms with Crippen molar-refractivity contribution in [3.8, 4) is 0 Å². The number of amides is 1. The first kappa shape index (κ1) is 17.0. The molecule has 0 radical (unpaired) electrons. The minimum absolute atomic E-state index is 0.00621. The highest BCUT2D eigenvalue weighted by molar-refractivity contribution is 8.00. The van der Waals surface area contributed by atoms with Crippen molar-refractivity contribution >= 4 is 34.3 Å². The first-order valence-corrected chi connectivity index (χ1v) is 9.81. The number of nitrogens with one attached hydrogen (secondary N) is 1. The van der Waals surface area contributed by atoms with Gasteiger partial charge in [-0.3, -0.25) is 4.79 Å². The van der Waals surface area contributed by atoms with Crippen molar-refractivity contribution in [3.63, 3.8) is 0 Å². The number of aromatic nitrogens is 2. The fraction of sp³-hybridized carbons (Fsp3) is 0.286. The number of hydrogen-bond acceptors (Lipinski definition) is 4. The fourth-order valence-electron chi connectivity index (χ4n) is 3.36. The summed E-state index contributed by atoms with van der Waals surface area (Å²) < 4.78 is 0. The molecule has 1 atom stereocenters. The minimum Gasteiger partial charge on any atom is -0.325 e. The Morgan fingerprint density at radius 3 is 2.81 bits per heavy atom. The van der Waals surface area contributed by atoms with Crippen LogP contribution in [-0.2, 0) is 17.6 Å². The third-order valence-corrected chi connectivity index (χ3v) is 5.81. The molecule has 3 aromatic rings. The van der Waals surface area contributed by atoms with Crippen LogP contribution in [-0.4, -0.2) is 21.1 Å². The van der Waals surface area contributed by atoms with Crippen molar-refractivity contribution in [1.82, 2.24) is 9.97 Å². The Hall–Kier alpha value is -2.40. The molecule has 1 N–H and O–H groups in total. The molecule has 132 valence electrons. The van der Waals surface area contributed by atoms with E-state index in [0.717, 1.165) is 40.3 Å². The molecular formula is C21H21N3OS. The average Bonchev–Trinajstić information content (AvgIpc) is 3.09. The Bertz CT molecular complexity index is 986. The second-order valence-electron chi connectivity index (χ2n) is 6.68. The fourth-order valence-corrected chi connectivity index (χ4v) is 4.35. The maximum absolute atomic E-state index is 12.7. The molecule has 4 rings (SSSR count). The van der Waals surface area contributed by atoms with Gasteiger partial charge in [-0.25, -0.2) is 9.97 Å². The van der Waals surface area contributed by atoms with Gasteiger partial charge in [-0.05, 0) is 62.4 Å². The molecule has 4 nitrogen and oxygen atoms in total. The molecule has 0 saturated carbocycles. The lowest BCUT2D eigenvalue weighted by Gasteiger charge is -2.14. The lowest BCUT2D eigenvalue weighted by atomic mass is 10.1. The Labute approximate surface area is 157 Å². The molecule has 0 unspecified atom stereocenters. The maximum Gasteiger partial charge on any atom is 0.237 e.